The standard InChI is InChI=1S/C17H13Cl2FN4O2/c18-13-7-11(20)1-2-12(13)14-15(19)22-16-10(9-25)8-21-24(16)17(14)23-3-5-26-6-4-23/h1-2,7-9H,3-6H2. The van der Waals surface area contributed by atoms with E-state index in [1.165, 1.54) is 18.3 Å². The molecule has 0 amide bonds. The number of morpholine rings is 1. The van der Waals surface area contributed by atoms with E-state index < -0.39 is 5.82 Å². The molecule has 6 nitrogen and oxygen atoms in total. The van der Waals surface area contributed by atoms with Gasteiger partial charge in [0.2, 0.25) is 0 Å². The van der Waals surface area contributed by atoms with E-state index in [1.54, 1.807) is 10.6 Å². The summed E-state index contributed by atoms with van der Waals surface area (Å²) in [4.78, 5) is 17.7. The lowest BCUT2D eigenvalue weighted by molar-refractivity contribution is 0.112. The van der Waals surface area contributed by atoms with Gasteiger partial charge in [-0.15, -0.1) is 0 Å². The molecule has 0 unspecified atom stereocenters. The normalized spacial score (nSPS) is 14.8. The highest BCUT2D eigenvalue weighted by Gasteiger charge is 2.26. The third-order valence-corrected chi connectivity index (χ3v) is 4.83. The number of fused-ring (bicyclic) bond motifs is 1. The van der Waals surface area contributed by atoms with Crippen LogP contribution in [0, 0.1) is 5.82 Å². The van der Waals surface area contributed by atoms with E-state index >= 15 is 0 Å². The SMILES string of the molecule is O=Cc1cnn2c(N3CCOCC3)c(-c3ccc(F)cc3Cl)c(Cl)nc12. The third kappa shape index (κ3) is 2.82. The Hall–Kier alpha value is -2.22. The largest absolute Gasteiger partial charge is 0.378 e. The summed E-state index contributed by atoms with van der Waals surface area (Å²) in [5.41, 5.74) is 1.76. The quantitative estimate of drug-likeness (QED) is 0.502. The highest BCUT2D eigenvalue weighted by molar-refractivity contribution is 6.36. The summed E-state index contributed by atoms with van der Waals surface area (Å²) >= 11 is 12.8. The summed E-state index contributed by atoms with van der Waals surface area (Å²) in [6.45, 7) is 2.30. The van der Waals surface area contributed by atoms with Gasteiger partial charge in [0.15, 0.2) is 11.9 Å². The molecular formula is C17H13Cl2FN4O2. The van der Waals surface area contributed by atoms with E-state index in [0.717, 1.165) is 0 Å². The maximum atomic E-state index is 13.5. The van der Waals surface area contributed by atoms with Crippen molar-refractivity contribution in [1.82, 2.24) is 14.6 Å². The van der Waals surface area contributed by atoms with Gasteiger partial charge in [-0.1, -0.05) is 23.2 Å². The molecule has 26 heavy (non-hydrogen) atoms. The highest BCUT2D eigenvalue weighted by Crippen LogP contribution is 2.40. The minimum Gasteiger partial charge on any atom is -0.378 e. The minimum absolute atomic E-state index is 0.163. The molecule has 3 aromatic rings. The predicted molar refractivity (Wildman–Crippen MR) is 96.8 cm³/mol. The Bertz CT molecular complexity index is 1000. The van der Waals surface area contributed by atoms with Crippen LogP contribution < -0.4 is 4.90 Å². The van der Waals surface area contributed by atoms with Crippen molar-refractivity contribution < 1.29 is 13.9 Å². The third-order valence-electron chi connectivity index (χ3n) is 4.24. The summed E-state index contributed by atoms with van der Waals surface area (Å²) in [6, 6.07) is 4.09. The molecule has 1 saturated heterocycles. The Kier molecular flexibility index (Phi) is 4.52. The van der Waals surface area contributed by atoms with Crippen LogP contribution in [0.3, 0.4) is 0 Å². The summed E-state index contributed by atoms with van der Waals surface area (Å²) in [5.74, 6) is 0.198. The first-order valence-corrected chi connectivity index (χ1v) is 8.66. The molecule has 1 fully saturated rings. The second-order valence-electron chi connectivity index (χ2n) is 5.78. The molecule has 0 bridgehead atoms. The zero-order chi connectivity index (χ0) is 18.3. The molecule has 1 aliphatic heterocycles. The molecular weight excluding hydrogens is 382 g/mol. The molecule has 1 aromatic carbocycles. The first-order chi connectivity index (χ1) is 12.6. The summed E-state index contributed by atoms with van der Waals surface area (Å²) < 4.78 is 20.5. The Morgan fingerprint density at radius 3 is 2.69 bits per heavy atom. The number of carbonyl (C=O) groups excluding carboxylic acids is 1. The van der Waals surface area contributed by atoms with Crippen molar-refractivity contribution in [3.8, 4) is 11.1 Å². The van der Waals surface area contributed by atoms with Crippen LogP contribution >= 0.6 is 23.2 Å². The molecule has 3 heterocycles. The number of halogens is 3. The van der Waals surface area contributed by atoms with Crippen LogP contribution in [0.4, 0.5) is 10.2 Å². The second kappa shape index (κ2) is 6.83. The summed E-state index contributed by atoms with van der Waals surface area (Å²) in [7, 11) is 0. The van der Waals surface area contributed by atoms with Gasteiger partial charge in [0.1, 0.15) is 16.8 Å². The minimum atomic E-state index is -0.445. The Balaban J connectivity index is 2.04. The van der Waals surface area contributed by atoms with Gasteiger partial charge < -0.3 is 9.64 Å². The Morgan fingerprint density at radius 1 is 1.23 bits per heavy atom. The first kappa shape index (κ1) is 17.2. The average Bonchev–Trinajstić information content (AvgIpc) is 3.04. The fourth-order valence-corrected chi connectivity index (χ4v) is 3.57. The van der Waals surface area contributed by atoms with E-state index in [9.17, 15) is 9.18 Å². The van der Waals surface area contributed by atoms with Crippen molar-refractivity contribution in [2.24, 2.45) is 0 Å². The van der Waals surface area contributed by atoms with Gasteiger partial charge in [-0.05, 0) is 18.2 Å². The topological polar surface area (TPSA) is 59.7 Å². The van der Waals surface area contributed by atoms with Crippen LogP contribution in [0.2, 0.25) is 10.2 Å². The molecule has 0 aliphatic carbocycles. The summed E-state index contributed by atoms with van der Waals surface area (Å²) in [6.07, 6.45) is 2.12. The van der Waals surface area contributed by atoms with Crippen molar-refractivity contribution >= 4 is 41.0 Å². The number of aromatic nitrogens is 3. The van der Waals surface area contributed by atoms with Crippen LogP contribution in [0.5, 0.6) is 0 Å². The monoisotopic (exact) mass is 394 g/mol. The fourth-order valence-electron chi connectivity index (χ4n) is 3.04. The molecule has 0 spiro atoms. The van der Waals surface area contributed by atoms with Crippen molar-refractivity contribution in [3.63, 3.8) is 0 Å². The van der Waals surface area contributed by atoms with E-state index in [-0.39, 0.29) is 10.2 Å². The number of aldehydes is 1. The van der Waals surface area contributed by atoms with Gasteiger partial charge in [-0.3, -0.25) is 4.79 Å². The lowest BCUT2D eigenvalue weighted by Gasteiger charge is -2.31. The van der Waals surface area contributed by atoms with Gasteiger partial charge >= 0.3 is 0 Å². The second-order valence-corrected chi connectivity index (χ2v) is 6.54. The molecule has 9 heteroatoms. The lowest BCUT2D eigenvalue weighted by atomic mass is 10.1. The van der Waals surface area contributed by atoms with Gasteiger partial charge in [0.25, 0.3) is 0 Å². The number of ether oxygens (including phenoxy) is 1. The molecule has 2 aromatic heterocycles. The van der Waals surface area contributed by atoms with Crippen molar-refractivity contribution in [2.45, 2.75) is 0 Å². The lowest BCUT2D eigenvalue weighted by Crippen LogP contribution is -2.38. The van der Waals surface area contributed by atoms with Gasteiger partial charge in [0, 0.05) is 18.7 Å². The van der Waals surface area contributed by atoms with Crippen LogP contribution in [0.1, 0.15) is 10.4 Å². The zero-order valence-electron chi connectivity index (χ0n) is 13.5. The summed E-state index contributed by atoms with van der Waals surface area (Å²) in [5, 5.41) is 4.68. The van der Waals surface area contributed by atoms with Crippen molar-refractivity contribution in [2.75, 3.05) is 31.2 Å². The highest BCUT2D eigenvalue weighted by atomic mass is 35.5. The molecule has 4 rings (SSSR count). The molecule has 0 N–H and O–H groups in total. The molecule has 0 atom stereocenters. The number of carbonyl (C=O) groups is 1. The van der Waals surface area contributed by atoms with Crippen LogP contribution in [-0.2, 0) is 4.74 Å². The first-order valence-electron chi connectivity index (χ1n) is 7.90. The maximum absolute atomic E-state index is 13.5. The van der Waals surface area contributed by atoms with E-state index in [4.69, 9.17) is 27.9 Å². The van der Waals surface area contributed by atoms with Crippen LogP contribution in [0.15, 0.2) is 24.4 Å². The number of benzene rings is 1. The zero-order valence-corrected chi connectivity index (χ0v) is 15.0. The molecule has 1 aliphatic rings. The van der Waals surface area contributed by atoms with Crippen molar-refractivity contribution in [3.05, 3.63) is 46.0 Å². The molecule has 134 valence electrons. The fraction of sp³-hybridized carbons (Fsp3) is 0.235. The van der Waals surface area contributed by atoms with E-state index in [0.29, 0.717) is 60.7 Å². The molecule has 0 radical (unpaired) electrons. The average molecular weight is 395 g/mol. The maximum Gasteiger partial charge on any atom is 0.169 e. The predicted octanol–water partition coefficient (Wildman–Crippen LogP) is 3.49. The Labute approximate surface area is 158 Å². The van der Waals surface area contributed by atoms with E-state index in [2.05, 4.69) is 10.1 Å². The molecule has 0 saturated carbocycles. The number of nitrogens with zero attached hydrogens (tertiary/aromatic N) is 4. The number of hydrogen-bond donors (Lipinski definition) is 0. The number of hydrogen-bond acceptors (Lipinski definition) is 5. The van der Waals surface area contributed by atoms with Gasteiger partial charge in [0.05, 0.1) is 35.6 Å². The number of rotatable bonds is 3. The van der Waals surface area contributed by atoms with Gasteiger partial charge in [-0.2, -0.15) is 9.61 Å². The van der Waals surface area contributed by atoms with Gasteiger partial charge in [-0.25, -0.2) is 9.37 Å². The van der Waals surface area contributed by atoms with E-state index in [1.807, 2.05) is 4.90 Å². The smallest absolute Gasteiger partial charge is 0.169 e. The van der Waals surface area contributed by atoms with Crippen molar-refractivity contribution in [1.29, 1.82) is 0 Å². The van der Waals surface area contributed by atoms with Crippen LogP contribution in [0.25, 0.3) is 16.8 Å². The Morgan fingerprint density at radius 2 is 2.00 bits per heavy atom. The number of anilines is 1. The van der Waals surface area contributed by atoms with Crippen LogP contribution in [-0.4, -0.2) is 47.2 Å².